The third kappa shape index (κ3) is 4.09. The summed E-state index contributed by atoms with van der Waals surface area (Å²) in [7, 11) is 0. The second-order valence-corrected chi connectivity index (χ2v) is 8.40. The molecule has 0 aliphatic carbocycles. The van der Waals surface area contributed by atoms with Crippen LogP contribution in [0.25, 0.3) is 16.5 Å². The Morgan fingerprint density at radius 1 is 1.14 bits per heavy atom. The maximum absolute atomic E-state index is 14.2. The van der Waals surface area contributed by atoms with Crippen LogP contribution in [0, 0.1) is 0 Å². The minimum absolute atomic E-state index is 0.0191. The minimum Gasteiger partial charge on any atom is -0.329 e. The van der Waals surface area contributed by atoms with E-state index in [0.29, 0.717) is 24.1 Å². The van der Waals surface area contributed by atoms with E-state index in [9.17, 15) is 27.6 Å². The van der Waals surface area contributed by atoms with Crippen LogP contribution in [0.4, 0.5) is 24.7 Å². The van der Waals surface area contributed by atoms with Crippen LogP contribution in [0.5, 0.6) is 0 Å². The maximum Gasteiger partial charge on any atom is 0.434 e. The normalized spacial score (nSPS) is 14.0. The number of rotatable bonds is 4. The molecule has 2 N–H and O–H groups in total. The van der Waals surface area contributed by atoms with E-state index in [1.807, 2.05) is 0 Å². The topological polar surface area (TPSA) is 113 Å². The predicted octanol–water partition coefficient (Wildman–Crippen LogP) is 4.16. The number of pyridine rings is 2. The van der Waals surface area contributed by atoms with Crippen LogP contribution in [0.2, 0.25) is 5.02 Å². The molecule has 1 saturated heterocycles. The first-order chi connectivity index (χ1) is 17.1. The Bertz CT molecular complexity index is 1580. The van der Waals surface area contributed by atoms with Gasteiger partial charge in [0.25, 0.3) is 11.5 Å². The van der Waals surface area contributed by atoms with Gasteiger partial charge in [-0.15, -0.1) is 0 Å². The number of aromatic nitrogens is 4. The molecule has 0 spiro atoms. The highest BCUT2D eigenvalue weighted by molar-refractivity contribution is 6.33. The lowest BCUT2D eigenvalue weighted by Crippen LogP contribution is -2.25. The Balaban J connectivity index is 1.52. The highest BCUT2D eigenvalue weighted by atomic mass is 35.5. The molecule has 184 valence electrons. The molecule has 3 aromatic heterocycles. The lowest BCUT2D eigenvalue weighted by atomic mass is 10.1. The summed E-state index contributed by atoms with van der Waals surface area (Å²) < 4.78 is 43.0. The fourth-order valence-corrected chi connectivity index (χ4v) is 4.40. The van der Waals surface area contributed by atoms with E-state index < -0.39 is 28.9 Å². The van der Waals surface area contributed by atoms with Crippen molar-refractivity contribution >= 4 is 45.7 Å². The Kier molecular flexibility index (Phi) is 5.75. The smallest absolute Gasteiger partial charge is 0.329 e. The molecule has 0 bridgehead atoms. The van der Waals surface area contributed by atoms with Gasteiger partial charge >= 0.3 is 6.18 Å². The standard InChI is InChI=1S/C23H16ClF3N6O3/c24-16-9-12(10-29-20(16)32-8-2-5-18(32)34)31-22(36)15-11-30-33(19(15)23(25,26)27)17-4-1-3-14-13(17)6-7-28-21(14)35/h1,3-4,6-7,9-11H,2,5,8H2,(H,28,35)(H,31,36). The van der Waals surface area contributed by atoms with Crippen LogP contribution >= 0.6 is 11.6 Å². The summed E-state index contributed by atoms with van der Waals surface area (Å²) >= 11 is 6.23. The zero-order valence-electron chi connectivity index (χ0n) is 18.3. The molecule has 0 unspecified atom stereocenters. The summed E-state index contributed by atoms with van der Waals surface area (Å²) in [5, 5.41) is 6.64. The van der Waals surface area contributed by atoms with Crippen molar-refractivity contribution in [3.05, 3.63) is 75.6 Å². The highest BCUT2D eigenvalue weighted by Gasteiger charge is 2.41. The number of amides is 2. The van der Waals surface area contributed by atoms with Gasteiger partial charge in [-0.1, -0.05) is 17.7 Å². The van der Waals surface area contributed by atoms with Crippen molar-refractivity contribution in [1.29, 1.82) is 0 Å². The van der Waals surface area contributed by atoms with E-state index in [1.54, 1.807) is 0 Å². The number of H-pyrrole nitrogens is 1. The SMILES string of the molecule is O=C(Nc1cnc(N2CCCC2=O)c(Cl)c1)c1cnn(-c2cccc3c(=O)[nH]ccc23)c1C(F)(F)F. The average Bonchev–Trinajstić information content (AvgIpc) is 3.46. The van der Waals surface area contributed by atoms with Crippen molar-refractivity contribution in [3.63, 3.8) is 0 Å². The Morgan fingerprint density at radius 2 is 1.94 bits per heavy atom. The van der Waals surface area contributed by atoms with E-state index in [1.165, 1.54) is 47.6 Å². The molecule has 4 aromatic rings. The number of alkyl halides is 3. The van der Waals surface area contributed by atoms with Gasteiger partial charge in [-0.2, -0.15) is 18.3 Å². The molecule has 5 rings (SSSR count). The number of carbonyl (C=O) groups excluding carboxylic acids is 2. The van der Waals surface area contributed by atoms with Crippen molar-refractivity contribution in [2.24, 2.45) is 0 Å². The van der Waals surface area contributed by atoms with Gasteiger partial charge in [0, 0.05) is 29.9 Å². The molecule has 9 nitrogen and oxygen atoms in total. The molecular formula is C23H16ClF3N6O3. The van der Waals surface area contributed by atoms with Gasteiger partial charge in [-0.05, 0) is 30.7 Å². The van der Waals surface area contributed by atoms with Crippen molar-refractivity contribution in [1.82, 2.24) is 19.7 Å². The van der Waals surface area contributed by atoms with Crippen molar-refractivity contribution in [2.75, 3.05) is 16.8 Å². The molecule has 0 atom stereocenters. The van der Waals surface area contributed by atoms with E-state index in [0.717, 1.165) is 6.20 Å². The molecular weight excluding hydrogens is 501 g/mol. The van der Waals surface area contributed by atoms with Crippen LogP contribution in [0.15, 0.2) is 53.7 Å². The van der Waals surface area contributed by atoms with Crippen LogP contribution in [-0.4, -0.2) is 38.1 Å². The maximum atomic E-state index is 14.2. The van der Waals surface area contributed by atoms with Crippen molar-refractivity contribution < 1.29 is 22.8 Å². The second kappa shape index (κ2) is 8.79. The Hall–Kier alpha value is -4.19. The summed E-state index contributed by atoms with van der Waals surface area (Å²) in [6.45, 7) is 0.450. The quantitative estimate of drug-likeness (QED) is 0.423. The molecule has 1 aliphatic rings. The number of aromatic amines is 1. The molecule has 13 heteroatoms. The van der Waals surface area contributed by atoms with Crippen LogP contribution in [0.1, 0.15) is 28.9 Å². The summed E-state index contributed by atoms with van der Waals surface area (Å²) in [6.07, 6.45) is -0.608. The first-order valence-electron chi connectivity index (χ1n) is 10.7. The van der Waals surface area contributed by atoms with Gasteiger partial charge in [-0.3, -0.25) is 19.3 Å². The number of halogens is 4. The van der Waals surface area contributed by atoms with E-state index in [4.69, 9.17) is 11.6 Å². The fraction of sp³-hybridized carbons (Fsp3) is 0.174. The lowest BCUT2D eigenvalue weighted by Gasteiger charge is -2.17. The molecule has 1 fully saturated rings. The predicted molar refractivity (Wildman–Crippen MR) is 125 cm³/mol. The van der Waals surface area contributed by atoms with Crippen LogP contribution < -0.4 is 15.8 Å². The number of benzene rings is 1. The molecule has 1 aliphatic heterocycles. The Morgan fingerprint density at radius 3 is 2.64 bits per heavy atom. The number of carbonyl (C=O) groups is 2. The Labute approximate surface area is 205 Å². The van der Waals surface area contributed by atoms with E-state index in [2.05, 4.69) is 20.4 Å². The van der Waals surface area contributed by atoms with Gasteiger partial charge in [0.05, 0.1) is 34.4 Å². The lowest BCUT2D eigenvalue weighted by molar-refractivity contribution is -0.143. The third-order valence-corrected chi connectivity index (χ3v) is 5.99. The molecule has 4 heterocycles. The minimum atomic E-state index is -4.96. The number of fused-ring (bicyclic) bond motifs is 1. The van der Waals surface area contributed by atoms with Crippen LogP contribution in [-0.2, 0) is 11.0 Å². The number of nitrogens with zero attached hydrogens (tertiary/aromatic N) is 4. The number of hydrogen-bond acceptors (Lipinski definition) is 5. The van der Waals surface area contributed by atoms with Gasteiger partial charge in [0.15, 0.2) is 11.5 Å². The molecule has 0 radical (unpaired) electrons. The number of anilines is 2. The van der Waals surface area contributed by atoms with Crippen LogP contribution in [0.3, 0.4) is 0 Å². The summed E-state index contributed by atoms with van der Waals surface area (Å²) in [4.78, 5) is 44.9. The highest BCUT2D eigenvalue weighted by Crippen LogP contribution is 2.36. The van der Waals surface area contributed by atoms with Gasteiger partial charge < -0.3 is 10.3 Å². The van der Waals surface area contributed by atoms with Crippen molar-refractivity contribution in [2.45, 2.75) is 19.0 Å². The van der Waals surface area contributed by atoms with Gasteiger partial charge in [0.1, 0.15) is 0 Å². The zero-order valence-corrected chi connectivity index (χ0v) is 19.0. The van der Waals surface area contributed by atoms with E-state index in [-0.39, 0.29) is 38.9 Å². The zero-order chi connectivity index (χ0) is 25.6. The van der Waals surface area contributed by atoms with Gasteiger partial charge in [0.2, 0.25) is 5.91 Å². The first kappa shape index (κ1) is 23.5. The fourth-order valence-electron chi connectivity index (χ4n) is 4.13. The summed E-state index contributed by atoms with van der Waals surface area (Å²) in [6, 6.07) is 7.02. The third-order valence-electron chi connectivity index (χ3n) is 5.71. The molecule has 0 saturated carbocycles. The van der Waals surface area contributed by atoms with Gasteiger partial charge in [-0.25, -0.2) is 9.67 Å². The molecule has 1 aromatic carbocycles. The molecule has 2 amide bonds. The number of hydrogen-bond donors (Lipinski definition) is 2. The largest absolute Gasteiger partial charge is 0.434 e. The van der Waals surface area contributed by atoms with Crippen molar-refractivity contribution in [3.8, 4) is 5.69 Å². The monoisotopic (exact) mass is 516 g/mol. The summed E-state index contributed by atoms with van der Waals surface area (Å²) in [5.41, 5.74) is -2.51. The average molecular weight is 517 g/mol. The molecule has 36 heavy (non-hydrogen) atoms. The number of nitrogens with one attached hydrogen (secondary N) is 2. The summed E-state index contributed by atoms with van der Waals surface area (Å²) in [5.74, 6) is -1.01. The van der Waals surface area contributed by atoms with E-state index >= 15 is 0 Å². The second-order valence-electron chi connectivity index (χ2n) is 7.99. The first-order valence-corrected chi connectivity index (χ1v) is 11.1.